The van der Waals surface area contributed by atoms with Gasteiger partial charge in [-0.1, -0.05) is 0 Å². The van der Waals surface area contributed by atoms with E-state index in [9.17, 15) is 34.1 Å². The largest absolute Gasteiger partial charge is 0.381 e. The summed E-state index contributed by atoms with van der Waals surface area (Å²) in [6.45, 7) is 2.06. The Morgan fingerprint density at radius 3 is 1.86 bits per heavy atom. The number of benzene rings is 2. The molecule has 2 aliphatic heterocycles. The molecule has 0 bridgehead atoms. The minimum atomic E-state index is -0.586. The molecule has 0 radical (unpaired) electrons. The van der Waals surface area contributed by atoms with Crippen molar-refractivity contribution in [3.63, 3.8) is 0 Å². The van der Waals surface area contributed by atoms with Gasteiger partial charge in [0.25, 0.3) is 11.1 Å². The Hall–Kier alpha value is -5.93. The molecule has 0 aliphatic carbocycles. The smallest absolute Gasteiger partial charge is 0.332 e. The molecule has 14 nitrogen and oxygen atoms in total. The molecule has 4 heterocycles. The van der Waals surface area contributed by atoms with E-state index in [2.05, 4.69) is 11.4 Å². The summed E-state index contributed by atoms with van der Waals surface area (Å²) in [7, 11) is 2.80. The predicted molar refractivity (Wildman–Crippen MR) is 191 cm³/mol. The molecule has 15 heteroatoms. The number of nitrogens with two attached hydrogens (primary N) is 1. The number of anilines is 3. The SMILES string of the molecule is Cn1c(=O)cc(N2CCCC(N)C2)n(Cc2cc(NC3CCCN(c4cc(=O)n(C)c(=O)n4Cc4cc(F)ccc4C#N)C3)ccc2C#N)c1=O. The fraction of sp³-hybridized carbons (Fsp3) is 0.389. The molecule has 3 N–H and O–H groups in total. The van der Waals surface area contributed by atoms with Crippen LogP contribution < -0.4 is 43.3 Å². The maximum absolute atomic E-state index is 14.2. The fourth-order valence-corrected chi connectivity index (χ4v) is 6.96. The molecule has 264 valence electrons. The summed E-state index contributed by atoms with van der Waals surface area (Å²) in [6, 6.07) is 15.9. The number of hydrogen-bond acceptors (Lipinski definition) is 10. The van der Waals surface area contributed by atoms with Gasteiger partial charge in [-0.2, -0.15) is 10.5 Å². The third-order valence-electron chi connectivity index (χ3n) is 9.72. The van der Waals surface area contributed by atoms with E-state index in [4.69, 9.17) is 5.73 Å². The summed E-state index contributed by atoms with van der Waals surface area (Å²) in [5.74, 6) is 0.284. The Labute approximate surface area is 292 Å². The Bertz CT molecular complexity index is 2310. The normalized spacial score (nSPS) is 17.5. The van der Waals surface area contributed by atoms with Crippen molar-refractivity contribution in [2.75, 3.05) is 41.3 Å². The van der Waals surface area contributed by atoms with Gasteiger partial charge >= 0.3 is 11.4 Å². The first-order valence-corrected chi connectivity index (χ1v) is 16.8. The van der Waals surface area contributed by atoms with Crippen LogP contribution in [0.1, 0.15) is 47.9 Å². The summed E-state index contributed by atoms with van der Waals surface area (Å²) in [5, 5.41) is 23.1. The van der Waals surface area contributed by atoms with Crippen LogP contribution in [0.4, 0.5) is 21.7 Å². The van der Waals surface area contributed by atoms with Crippen LogP contribution >= 0.6 is 0 Å². The highest BCUT2D eigenvalue weighted by Gasteiger charge is 2.26. The molecule has 2 saturated heterocycles. The zero-order chi connectivity index (χ0) is 36.4. The molecule has 2 atom stereocenters. The molecular weight excluding hydrogens is 655 g/mol. The summed E-state index contributed by atoms with van der Waals surface area (Å²) >= 11 is 0. The van der Waals surface area contributed by atoms with Crippen molar-refractivity contribution in [1.29, 1.82) is 10.5 Å². The van der Waals surface area contributed by atoms with E-state index in [-0.39, 0.29) is 30.7 Å². The van der Waals surface area contributed by atoms with Crippen molar-refractivity contribution >= 4 is 17.3 Å². The van der Waals surface area contributed by atoms with Gasteiger partial charge in [-0.05, 0) is 73.2 Å². The summed E-state index contributed by atoms with van der Waals surface area (Å²) in [4.78, 5) is 56.2. The maximum Gasteiger partial charge on any atom is 0.332 e. The Balaban J connectivity index is 1.29. The van der Waals surface area contributed by atoms with E-state index in [1.165, 1.54) is 53.6 Å². The van der Waals surface area contributed by atoms with Gasteiger partial charge in [0.2, 0.25) is 0 Å². The minimum absolute atomic E-state index is 0.0492. The highest BCUT2D eigenvalue weighted by Crippen LogP contribution is 2.25. The molecule has 2 aromatic carbocycles. The van der Waals surface area contributed by atoms with E-state index in [1.807, 2.05) is 21.9 Å². The topological polar surface area (TPSA) is 180 Å². The molecule has 0 amide bonds. The molecule has 2 fully saturated rings. The summed E-state index contributed by atoms with van der Waals surface area (Å²) in [6.07, 6.45) is 3.17. The third kappa shape index (κ3) is 7.20. The third-order valence-corrected chi connectivity index (χ3v) is 9.72. The first-order valence-electron chi connectivity index (χ1n) is 16.8. The number of nitrogens with one attached hydrogen (secondary N) is 1. The molecule has 4 aromatic rings. The Morgan fingerprint density at radius 1 is 0.765 bits per heavy atom. The number of piperidine rings is 2. The number of aromatic nitrogens is 4. The van der Waals surface area contributed by atoms with E-state index in [0.717, 1.165) is 34.8 Å². The lowest BCUT2D eigenvalue weighted by Gasteiger charge is -2.36. The second-order valence-electron chi connectivity index (χ2n) is 13.2. The number of nitrogens with zero attached hydrogens (tertiary/aromatic N) is 8. The molecule has 2 unspecified atom stereocenters. The van der Waals surface area contributed by atoms with Crippen molar-refractivity contribution in [2.45, 2.75) is 50.9 Å². The first-order chi connectivity index (χ1) is 24.5. The quantitative estimate of drug-likeness (QED) is 0.274. The highest BCUT2D eigenvalue weighted by molar-refractivity contribution is 5.54. The zero-order valence-electron chi connectivity index (χ0n) is 28.5. The molecule has 51 heavy (non-hydrogen) atoms. The summed E-state index contributed by atoms with van der Waals surface area (Å²) < 4.78 is 19.1. The lowest BCUT2D eigenvalue weighted by atomic mass is 10.0. The zero-order valence-corrected chi connectivity index (χ0v) is 28.5. The number of halogens is 1. The van der Waals surface area contributed by atoms with Gasteiger partial charge in [0.05, 0.1) is 36.4 Å². The average Bonchev–Trinajstić information content (AvgIpc) is 3.12. The van der Waals surface area contributed by atoms with Gasteiger partial charge in [0, 0.05) is 70.2 Å². The molecule has 0 spiro atoms. The molecule has 2 aromatic heterocycles. The second-order valence-corrected chi connectivity index (χ2v) is 13.2. The average molecular weight is 695 g/mol. The minimum Gasteiger partial charge on any atom is -0.381 e. The Morgan fingerprint density at radius 2 is 1.29 bits per heavy atom. The van der Waals surface area contributed by atoms with E-state index < -0.39 is 28.3 Å². The highest BCUT2D eigenvalue weighted by atomic mass is 19.1. The van der Waals surface area contributed by atoms with Gasteiger partial charge in [0.15, 0.2) is 0 Å². The fourth-order valence-electron chi connectivity index (χ4n) is 6.96. The first kappa shape index (κ1) is 34.9. The monoisotopic (exact) mass is 694 g/mol. The standard InChI is InChI=1S/C36H39FN10O4/c1-42-33(48)15-31(44-11-3-5-28(40)21-44)47(36(42)51)20-26-14-29(10-8-24(26)18-39)41-30-6-4-12-45(22-30)32-16-34(49)43(2)35(50)46(32)19-25-13-27(37)9-7-23(25)17-38/h7-10,13-16,28,30,41H,3-6,11-12,19-22,40H2,1-2H3. The second kappa shape index (κ2) is 14.5. The van der Waals surface area contributed by atoms with Gasteiger partial charge in [-0.3, -0.25) is 27.9 Å². The van der Waals surface area contributed by atoms with Gasteiger partial charge < -0.3 is 20.9 Å². The van der Waals surface area contributed by atoms with E-state index in [1.54, 1.807) is 12.1 Å². The van der Waals surface area contributed by atoms with Crippen molar-refractivity contribution in [3.05, 3.63) is 118 Å². The van der Waals surface area contributed by atoms with Crippen LogP contribution in [0, 0.1) is 28.5 Å². The van der Waals surface area contributed by atoms with Crippen molar-refractivity contribution in [1.82, 2.24) is 18.3 Å². The molecule has 6 rings (SSSR count). The summed E-state index contributed by atoms with van der Waals surface area (Å²) in [5.41, 5.74) is 6.45. The van der Waals surface area contributed by atoms with Crippen LogP contribution in [0.5, 0.6) is 0 Å². The van der Waals surface area contributed by atoms with Crippen molar-refractivity contribution in [3.8, 4) is 12.1 Å². The van der Waals surface area contributed by atoms with Crippen molar-refractivity contribution < 1.29 is 4.39 Å². The van der Waals surface area contributed by atoms with Crippen LogP contribution in [-0.4, -0.2) is 56.5 Å². The van der Waals surface area contributed by atoms with Crippen LogP contribution in [0.3, 0.4) is 0 Å². The van der Waals surface area contributed by atoms with Gasteiger partial charge in [-0.25, -0.2) is 14.0 Å². The van der Waals surface area contributed by atoms with Crippen LogP contribution in [0.15, 0.2) is 67.7 Å². The Kier molecular flexibility index (Phi) is 9.93. The van der Waals surface area contributed by atoms with E-state index >= 15 is 0 Å². The number of rotatable bonds is 8. The van der Waals surface area contributed by atoms with Crippen LogP contribution in [0.2, 0.25) is 0 Å². The lowest BCUT2D eigenvalue weighted by Crippen LogP contribution is -2.47. The lowest BCUT2D eigenvalue weighted by molar-refractivity contribution is 0.491. The van der Waals surface area contributed by atoms with Crippen molar-refractivity contribution in [2.24, 2.45) is 19.8 Å². The number of nitriles is 2. The molecule has 2 aliphatic rings. The van der Waals surface area contributed by atoms with E-state index in [0.29, 0.717) is 60.2 Å². The molecule has 0 saturated carbocycles. The van der Waals surface area contributed by atoms with Crippen LogP contribution in [0.25, 0.3) is 0 Å². The maximum atomic E-state index is 14.2. The van der Waals surface area contributed by atoms with Gasteiger partial charge in [0.1, 0.15) is 17.5 Å². The number of hydrogen-bond donors (Lipinski definition) is 2. The van der Waals surface area contributed by atoms with Gasteiger partial charge in [-0.15, -0.1) is 0 Å². The molecular formula is C36H39FN10O4. The van der Waals surface area contributed by atoms with Crippen LogP contribution in [-0.2, 0) is 27.2 Å². The predicted octanol–water partition coefficient (Wildman–Crippen LogP) is 1.39.